The summed E-state index contributed by atoms with van der Waals surface area (Å²) in [6, 6.07) is 13.3. The Morgan fingerprint density at radius 1 is 1.00 bits per heavy atom. The molecule has 3 rings (SSSR count). The quantitative estimate of drug-likeness (QED) is 0.791. The van der Waals surface area contributed by atoms with Crippen molar-refractivity contribution in [3.05, 3.63) is 53.7 Å². The minimum absolute atomic E-state index is 0.106. The van der Waals surface area contributed by atoms with Gasteiger partial charge in [-0.1, -0.05) is 12.1 Å². The Hall–Kier alpha value is -3.08. The third kappa shape index (κ3) is 3.13. The van der Waals surface area contributed by atoms with Crippen molar-refractivity contribution in [2.24, 2.45) is 0 Å². The van der Waals surface area contributed by atoms with Crippen LogP contribution < -0.4 is 14.8 Å². The molecule has 0 fully saturated rings. The first-order valence-electron chi connectivity index (χ1n) is 7.93. The number of benzene rings is 2. The molecule has 0 aliphatic heterocycles. The molecule has 0 bridgehead atoms. The molecule has 2 aromatic carbocycles. The van der Waals surface area contributed by atoms with E-state index in [1.54, 1.807) is 33.4 Å². The van der Waals surface area contributed by atoms with Gasteiger partial charge in [0, 0.05) is 29.3 Å². The Kier molecular flexibility index (Phi) is 4.57. The number of nitrogens with one attached hydrogen (secondary N) is 1. The van der Waals surface area contributed by atoms with E-state index in [9.17, 15) is 4.79 Å². The van der Waals surface area contributed by atoms with Gasteiger partial charge in [-0.2, -0.15) is 0 Å². The number of fused-ring (bicyclic) bond motifs is 1. The summed E-state index contributed by atoms with van der Waals surface area (Å²) in [7, 11) is 4.86. The molecule has 0 atom stereocenters. The van der Waals surface area contributed by atoms with E-state index in [1.165, 1.54) is 0 Å². The lowest BCUT2D eigenvalue weighted by Gasteiger charge is -2.12. The number of aromatic nitrogens is 1. The first-order chi connectivity index (χ1) is 12.1. The molecule has 0 aliphatic carbocycles. The van der Waals surface area contributed by atoms with Gasteiger partial charge >= 0.3 is 0 Å². The zero-order valence-electron chi connectivity index (χ0n) is 14.7. The monoisotopic (exact) mass is 336 g/mol. The van der Waals surface area contributed by atoms with Crippen LogP contribution in [0.5, 0.6) is 11.5 Å². The van der Waals surface area contributed by atoms with Gasteiger partial charge in [-0.25, -0.2) is 0 Å². The minimum atomic E-state index is -0.106. The smallest absolute Gasteiger partial charge is 0.251 e. The normalized spacial score (nSPS) is 10.6. The Morgan fingerprint density at radius 3 is 2.24 bits per heavy atom. The summed E-state index contributed by atoms with van der Waals surface area (Å²) in [6.07, 6.45) is 0. The van der Waals surface area contributed by atoms with E-state index in [2.05, 4.69) is 5.32 Å². The molecule has 1 N–H and O–H groups in total. The molecular formula is C20H20N2O3. The Balaban J connectivity index is 2.09. The van der Waals surface area contributed by atoms with Crippen LogP contribution in [0, 0.1) is 6.92 Å². The maximum Gasteiger partial charge on any atom is 0.251 e. The molecule has 1 heterocycles. The van der Waals surface area contributed by atoms with Crippen LogP contribution in [0.15, 0.2) is 42.5 Å². The van der Waals surface area contributed by atoms with Crippen LogP contribution in [-0.2, 0) is 0 Å². The first-order valence-corrected chi connectivity index (χ1v) is 7.93. The van der Waals surface area contributed by atoms with E-state index < -0.39 is 0 Å². The van der Waals surface area contributed by atoms with Crippen LogP contribution in [0.1, 0.15) is 16.1 Å². The highest BCUT2D eigenvalue weighted by Crippen LogP contribution is 2.34. The van der Waals surface area contributed by atoms with Crippen LogP contribution in [-0.4, -0.2) is 32.2 Å². The lowest BCUT2D eigenvalue weighted by atomic mass is 10.0. The molecule has 0 radical (unpaired) electrons. The molecule has 5 nitrogen and oxygen atoms in total. The summed E-state index contributed by atoms with van der Waals surface area (Å²) in [5, 5.41) is 4.66. The van der Waals surface area contributed by atoms with Gasteiger partial charge in [-0.05, 0) is 42.6 Å². The van der Waals surface area contributed by atoms with Gasteiger partial charge in [-0.15, -0.1) is 0 Å². The number of hydrogen-bond donors (Lipinski definition) is 1. The maximum absolute atomic E-state index is 11.7. The maximum atomic E-state index is 11.7. The molecule has 128 valence electrons. The number of ether oxygens (including phenoxy) is 2. The Labute approximate surface area is 146 Å². The van der Waals surface area contributed by atoms with Crippen molar-refractivity contribution in [2.75, 3.05) is 21.3 Å². The molecule has 1 amide bonds. The predicted octanol–water partition coefficient (Wildman–Crippen LogP) is 3.59. The molecule has 0 saturated heterocycles. The first kappa shape index (κ1) is 16.8. The van der Waals surface area contributed by atoms with Crippen LogP contribution in [0.2, 0.25) is 0 Å². The molecule has 0 spiro atoms. The SMILES string of the molecule is CNC(=O)c1ccc(-c2cc3cc(OC)c(OC)cc3c(C)n2)cc1. The number of pyridine rings is 1. The van der Waals surface area contributed by atoms with Gasteiger partial charge in [0.15, 0.2) is 11.5 Å². The summed E-state index contributed by atoms with van der Waals surface area (Å²) in [4.78, 5) is 16.4. The molecule has 3 aromatic rings. The van der Waals surface area contributed by atoms with E-state index in [1.807, 2.05) is 37.3 Å². The summed E-state index contributed by atoms with van der Waals surface area (Å²) in [6.45, 7) is 1.97. The van der Waals surface area contributed by atoms with Crippen molar-refractivity contribution in [1.82, 2.24) is 10.3 Å². The average molecular weight is 336 g/mol. The van der Waals surface area contributed by atoms with Gasteiger partial charge in [0.2, 0.25) is 0 Å². The number of hydrogen-bond acceptors (Lipinski definition) is 4. The highest BCUT2D eigenvalue weighted by molar-refractivity contribution is 5.95. The fourth-order valence-electron chi connectivity index (χ4n) is 2.83. The van der Waals surface area contributed by atoms with Crippen molar-refractivity contribution in [2.45, 2.75) is 6.92 Å². The van der Waals surface area contributed by atoms with Gasteiger partial charge < -0.3 is 14.8 Å². The molecule has 25 heavy (non-hydrogen) atoms. The minimum Gasteiger partial charge on any atom is -0.493 e. The average Bonchev–Trinajstić information content (AvgIpc) is 2.66. The number of nitrogens with zero attached hydrogens (tertiary/aromatic N) is 1. The second-order valence-electron chi connectivity index (χ2n) is 5.68. The van der Waals surface area contributed by atoms with Crippen LogP contribution in [0.3, 0.4) is 0 Å². The number of amides is 1. The summed E-state index contributed by atoms with van der Waals surface area (Å²) in [5.41, 5.74) is 3.33. The largest absolute Gasteiger partial charge is 0.493 e. The van der Waals surface area contributed by atoms with Gasteiger partial charge in [0.1, 0.15) is 0 Å². The highest BCUT2D eigenvalue weighted by Gasteiger charge is 2.11. The second kappa shape index (κ2) is 6.81. The summed E-state index contributed by atoms with van der Waals surface area (Å²) >= 11 is 0. The fourth-order valence-corrected chi connectivity index (χ4v) is 2.83. The van der Waals surface area contributed by atoms with Crippen molar-refractivity contribution < 1.29 is 14.3 Å². The number of rotatable bonds is 4. The Bertz CT molecular complexity index is 934. The second-order valence-corrected chi connectivity index (χ2v) is 5.68. The molecule has 1 aromatic heterocycles. The van der Waals surface area contributed by atoms with Gasteiger partial charge in [0.05, 0.1) is 19.9 Å². The van der Waals surface area contributed by atoms with E-state index in [0.29, 0.717) is 17.1 Å². The van der Waals surface area contributed by atoms with Crippen molar-refractivity contribution in [3.63, 3.8) is 0 Å². The van der Waals surface area contributed by atoms with E-state index in [-0.39, 0.29) is 5.91 Å². The number of carbonyl (C=O) groups is 1. The lowest BCUT2D eigenvalue weighted by Crippen LogP contribution is -2.17. The van der Waals surface area contributed by atoms with E-state index >= 15 is 0 Å². The van der Waals surface area contributed by atoms with E-state index in [4.69, 9.17) is 14.5 Å². The molecule has 0 saturated carbocycles. The van der Waals surface area contributed by atoms with Gasteiger partial charge in [-0.3, -0.25) is 9.78 Å². The molecule has 0 unspecified atom stereocenters. The Morgan fingerprint density at radius 2 is 1.64 bits per heavy atom. The fraction of sp³-hybridized carbons (Fsp3) is 0.200. The van der Waals surface area contributed by atoms with Crippen LogP contribution in [0.25, 0.3) is 22.0 Å². The third-order valence-electron chi connectivity index (χ3n) is 4.20. The molecule has 5 heteroatoms. The predicted molar refractivity (Wildman–Crippen MR) is 98.4 cm³/mol. The van der Waals surface area contributed by atoms with Crippen molar-refractivity contribution in [3.8, 4) is 22.8 Å². The van der Waals surface area contributed by atoms with Crippen LogP contribution >= 0.6 is 0 Å². The van der Waals surface area contributed by atoms with E-state index in [0.717, 1.165) is 27.7 Å². The number of aryl methyl sites for hydroxylation is 1. The number of carbonyl (C=O) groups excluding carboxylic acids is 1. The summed E-state index contributed by atoms with van der Waals surface area (Å²) in [5.74, 6) is 1.26. The van der Waals surface area contributed by atoms with Crippen molar-refractivity contribution in [1.29, 1.82) is 0 Å². The zero-order chi connectivity index (χ0) is 18.0. The third-order valence-corrected chi connectivity index (χ3v) is 4.20. The summed E-state index contributed by atoms with van der Waals surface area (Å²) < 4.78 is 10.8. The lowest BCUT2D eigenvalue weighted by molar-refractivity contribution is 0.0963. The molecular weight excluding hydrogens is 316 g/mol. The van der Waals surface area contributed by atoms with Gasteiger partial charge in [0.25, 0.3) is 5.91 Å². The molecule has 0 aliphatic rings. The topological polar surface area (TPSA) is 60.5 Å². The van der Waals surface area contributed by atoms with Crippen LogP contribution in [0.4, 0.5) is 0 Å². The standard InChI is InChI=1S/C20H20N2O3/c1-12-16-11-19(25-4)18(24-3)10-15(16)9-17(22-12)13-5-7-14(8-6-13)20(23)21-2/h5-11H,1-4H3,(H,21,23). The highest BCUT2D eigenvalue weighted by atomic mass is 16.5. The zero-order valence-corrected chi connectivity index (χ0v) is 14.7. The number of methoxy groups -OCH3 is 2. The van der Waals surface area contributed by atoms with Crippen molar-refractivity contribution >= 4 is 16.7 Å².